The van der Waals surface area contributed by atoms with Crippen LogP contribution in [0.3, 0.4) is 0 Å². The van der Waals surface area contributed by atoms with Crippen LogP contribution in [-0.2, 0) is 16.8 Å². The normalized spacial score (nSPS) is 16.5. The van der Waals surface area contributed by atoms with Gasteiger partial charge in [0.1, 0.15) is 17.3 Å². The largest absolute Gasteiger partial charge is 0.491 e. The van der Waals surface area contributed by atoms with Crippen LogP contribution >= 0.6 is 17.0 Å². The van der Waals surface area contributed by atoms with E-state index in [1.807, 2.05) is 17.0 Å². The Kier molecular flexibility index (Phi) is 9.77. The third-order valence-electron chi connectivity index (χ3n) is 8.16. The van der Waals surface area contributed by atoms with E-state index in [1.54, 1.807) is 0 Å². The summed E-state index contributed by atoms with van der Waals surface area (Å²) in [5.74, 6) is 0.928. The number of carboxylic acids is 1. The second-order valence-corrected chi connectivity index (χ2v) is 12.5. The summed E-state index contributed by atoms with van der Waals surface area (Å²) in [6, 6.07) is 8.13. The van der Waals surface area contributed by atoms with Gasteiger partial charge in [-0.2, -0.15) is 0 Å². The molecule has 2 N–H and O–H groups in total. The molecule has 8 nitrogen and oxygen atoms in total. The summed E-state index contributed by atoms with van der Waals surface area (Å²) < 4.78 is 6.42. The molecule has 1 aliphatic carbocycles. The Morgan fingerprint density at radius 1 is 1.10 bits per heavy atom. The van der Waals surface area contributed by atoms with Crippen molar-refractivity contribution < 1.29 is 19.4 Å². The number of hydrogen-bond donors (Lipinski definition) is 2. The highest BCUT2D eigenvalue weighted by atomic mass is 79.9. The summed E-state index contributed by atoms with van der Waals surface area (Å²) in [4.78, 5) is 33.5. The monoisotopic (exact) mass is 626 g/mol. The average Bonchev–Trinajstić information content (AvgIpc) is 3.53. The van der Waals surface area contributed by atoms with Crippen LogP contribution in [0.4, 0.5) is 5.69 Å². The van der Waals surface area contributed by atoms with Crippen LogP contribution in [0.2, 0.25) is 0 Å². The van der Waals surface area contributed by atoms with Crippen LogP contribution in [0.25, 0.3) is 0 Å². The van der Waals surface area contributed by atoms with Crippen molar-refractivity contribution in [2.75, 3.05) is 31.1 Å². The molecule has 1 saturated heterocycles. The van der Waals surface area contributed by atoms with E-state index in [1.165, 1.54) is 12.8 Å². The van der Waals surface area contributed by atoms with E-state index >= 15 is 0 Å². The van der Waals surface area contributed by atoms with Gasteiger partial charge in [0.25, 0.3) is 0 Å². The molecular formula is C32H43BrN4O4. The zero-order valence-electron chi connectivity index (χ0n) is 24.5. The van der Waals surface area contributed by atoms with Gasteiger partial charge >= 0.3 is 5.97 Å². The van der Waals surface area contributed by atoms with Crippen LogP contribution in [0, 0.1) is 5.41 Å². The van der Waals surface area contributed by atoms with E-state index < -0.39 is 5.97 Å². The van der Waals surface area contributed by atoms with Gasteiger partial charge in [0.15, 0.2) is 5.78 Å². The molecule has 3 aliphatic rings. The van der Waals surface area contributed by atoms with Crippen molar-refractivity contribution in [3.8, 4) is 5.75 Å². The van der Waals surface area contributed by atoms with E-state index in [2.05, 4.69) is 37.8 Å². The molecule has 9 heteroatoms. The fourth-order valence-corrected chi connectivity index (χ4v) is 5.68. The third kappa shape index (κ3) is 7.29. The number of fused-ring (bicyclic) bond motifs is 1. The SMILES string of the molecule is Br.CC(C)(C)c1cc(C(=O)CN2Cc3ccc(C4CC4)nc3C2=N)cc(N2CCCC2)c1OCCCCCC(=O)O. The fraction of sp³-hybridized carbons (Fsp3) is 0.562. The molecule has 0 bridgehead atoms. The quantitative estimate of drug-likeness (QED) is 0.205. The van der Waals surface area contributed by atoms with E-state index in [-0.39, 0.29) is 41.1 Å². The Balaban J connectivity index is 0.00000387. The summed E-state index contributed by atoms with van der Waals surface area (Å²) in [6.07, 6.45) is 6.96. The smallest absolute Gasteiger partial charge is 0.303 e. The van der Waals surface area contributed by atoms with E-state index in [0.29, 0.717) is 36.9 Å². The highest BCUT2D eigenvalue weighted by molar-refractivity contribution is 8.93. The van der Waals surface area contributed by atoms with Gasteiger partial charge in [0.05, 0.1) is 18.8 Å². The van der Waals surface area contributed by atoms with E-state index in [0.717, 1.165) is 72.7 Å². The minimum absolute atomic E-state index is 0. The molecule has 1 aromatic carbocycles. The molecule has 1 aromatic heterocycles. The van der Waals surface area contributed by atoms with E-state index in [4.69, 9.17) is 20.2 Å². The number of anilines is 1. The van der Waals surface area contributed by atoms with Crippen LogP contribution in [0.1, 0.15) is 111 Å². The van der Waals surface area contributed by atoms with Gasteiger partial charge in [-0.3, -0.25) is 15.0 Å². The number of ketones is 1. The van der Waals surface area contributed by atoms with Gasteiger partial charge in [-0.1, -0.05) is 26.8 Å². The average molecular weight is 628 g/mol. The Morgan fingerprint density at radius 2 is 1.83 bits per heavy atom. The molecule has 0 spiro atoms. The minimum Gasteiger partial charge on any atom is -0.491 e. The molecule has 41 heavy (non-hydrogen) atoms. The van der Waals surface area contributed by atoms with Crippen LogP contribution < -0.4 is 9.64 Å². The highest BCUT2D eigenvalue weighted by Crippen LogP contribution is 2.42. The molecule has 2 aromatic rings. The van der Waals surface area contributed by atoms with Gasteiger partial charge < -0.3 is 19.6 Å². The summed E-state index contributed by atoms with van der Waals surface area (Å²) in [6.45, 7) is 9.46. The van der Waals surface area contributed by atoms with Crippen LogP contribution in [-0.4, -0.2) is 58.8 Å². The maximum atomic E-state index is 13.8. The van der Waals surface area contributed by atoms with Gasteiger partial charge in [-0.05, 0) is 68.6 Å². The molecular weight excluding hydrogens is 584 g/mol. The standard InChI is InChI=1S/C32H42N4O4.BrH/c1-32(2,3)24-17-23(18-26(35-14-6-7-15-35)30(24)40-16-8-4-5-9-28(38)39)27(37)20-36-19-22-12-13-25(21-10-11-21)34-29(22)31(36)33;/h12-13,17-18,21,33H,4-11,14-16,19-20H2,1-3H3,(H,38,39);1H. The van der Waals surface area contributed by atoms with Gasteiger partial charge in [-0.25, -0.2) is 4.98 Å². The predicted molar refractivity (Wildman–Crippen MR) is 166 cm³/mol. The highest BCUT2D eigenvalue weighted by Gasteiger charge is 2.32. The number of hydrogen-bond acceptors (Lipinski definition) is 6. The zero-order chi connectivity index (χ0) is 28.4. The molecule has 0 radical (unpaired) electrons. The van der Waals surface area contributed by atoms with Gasteiger partial charge in [-0.15, -0.1) is 17.0 Å². The molecule has 5 rings (SSSR count). The number of nitrogens with one attached hydrogen (secondary N) is 1. The maximum absolute atomic E-state index is 13.8. The number of amidine groups is 1. The molecule has 0 unspecified atom stereocenters. The summed E-state index contributed by atoms with van der Waals surface area (Å²) in [5.41, 5.74) is 5.18. The molecule has 1 saturated carbocycles. The number of aromatic nitrogens is 1. The summed E-state index contributed by atoms with van der Waals surface area (Å²) in [5, 5.41) is 17.7. The van der Waals surface area contributed by atoms with Crippen LogP contribution in [0.5, 0.6) is 5.75 Å². The lowest BCUT2D eigenvalue weighted by Gasteiger charge is -2.30. The number of halogens is 1. The number of nitrogens with zero attached hydrogens (tertiary/aromatic N) is 3. The van der Waals surface area contributed by atoms with E-state index in [9.17, 15) is 9.59 Å². The molecule has 3 heterocycles. The van der Waals surface area contributed by atoms with Gasteiger partial charge in [0.2, 0.25) is 0 Å². The lowest BCUT2D eigenvalue weighted by atomic mass is 9.84. The third-order valence-corrected chi connectivity index (χ3v) is 8.16. The van der Waals surface area contributed by atoms with Crippen LogP contribution in [0.15, 0.2) is 24.3 Å². The first kappa shape index (κ1) is 31.0. The van der Waals surface area contributed by atoms with Crippen molar-refractivity contribution in [1.82, 2.24) is 9.88 Å². The number of unbranched alkanes of at least 4 members (excludes halogenated alkanes) is 2. The Morgan fingerprint density at radius 3 is 2.49 bits per heavy atom. The predicted octanol–water partition coefficient (Wildman–Crippen LogP) is 6.48. The number of Topliss-reactive ketones (excluding diaryl/α,β-unsaturated/α-hetero) is 1. The lowest BCUT2D eigenvalue weighted by Crippen LogP contribution is -2.31. The second-order valence-electron chi connectivity index (χ2n) is 12.5. The first-order valence-corrected chi connectivity index (χ1v) is 14.8. The van der Waals surface area contributed by atoms with Gasteiger partial charge in [0, 0.05) is 54.4 Å². The molecule has 222 valence electrons. The number of aliphatic carboxylic acids is 1. The molecule has 2 fully saturated rings. The Labute approximate surface area is 253 Å². The van der Waals surface area contributed by atoms with Crippen molar-refractivity contribution in [3.05, 3.63) is 52.3 Å². The maximum Gasteiger partial charge on any atom is 0.303 e. The molecule has 2 aliphatic heterocycles. The zero-order valence-corrected chi connectivity index (χ0v) is 26.2. The topological polar surface area (TPSA) is 107 Å². The van der Waals surface area contributed by atoms with Crippen molar-refractivity contribution in [2.45, 2.75) is 90.0 Å². The first-order chi connectivity index (χ1) is 19.1. The number of pyridine rings is 1. The number of carboxylic acid groups (broad SMARTS) is 1. The molecule has 0 amide bonds. The Hall–Kier alpha value is -2.94. The number of carbonyl (C=O) groups is 2. The van der Waals surface area contributed by atoms with Crippen molar-refractivity contribution in [3.63, 3.8) is 0 Å². The lowest BCUT2D eigenvalue weighted by molar-refractivity contribution is -0.137. The molecule has 0 atom stereocenters. The number of carbonyl (C=O) groups excluding carboxylic acids is 1. The first-order valence-electron chi connectivity index (χ1n) is 14.8. The Bertz CT molecular complexity index is 1300. The fourth-order valence-electron chi connectivity index (χ4n) is 5.68. The number of ether oxygens (including phenoxy) is 1. The second kappa shape index (κ2) is 12.9. The minimum atomic E-state index is -0.764. The summed E-state index contributed by atoms with van der Waals surface area (Å²) >= 11 is 0. The number of benzene rings is 1. The van der Waals surface area contributed by atoms with Crippen molar-refractivity contribution in [2.24, 2.45) is 0 Å². The summed E-state index contributed by atoms with van der Waals surface area (Å²) in [7, 11) is 0. The van der Waals surface area contributed by atoms with Crippen molar-refractivity contribution >= 4 is 40.3 Å². The van der Waals surface area contributed by atoms with Crippen molar-refractivity contribution in [1.29, 1.82) is 5.41 Å². The number of rotatable bonds is 12.